The fraction of sp³-hybridized carbons (Fsp3) is 0.929. The van der Waals surface area contributed by atoms with Gasteiger partial charge in [-0.2, -0.15) is 0 Å². The van der Waals surface area contributed by atoms with Crippen molar-refractivity contribution < 1.29 is 4.79 Å². The second kappa shape index (κ2) is 7.74. The molecule has 0 aromatic carbocycles. The number of carbonyl (C=O) groups excluding carboxylic acids is 1. The molecule has 1 heterocycles. The molecule has 0 saturated carbocycles. The number of likely N-dealkylation sites (tertiary alicyclic amines) is 1. The lowest BCUT2D eigenvalue weighted by Crippen LogP contribution is -2.50. The molecule has 0 spiro atoms. The second-order valence-corrected chi connectivity index (χ2v) is 5.71. The van der Waals surface area contributed by atoms with E-state index in [0.29, 0.717) is 6.04 Å². The maximum atomic E-state index is 12.3. The first-order valence-corrected chi connectivity index (χ1v) is 7.21. The van der Waals surface area contributed by atoms with E-state index in [4.69, 9.17) is 0 Å². The minimum atomic E-state index is -0.0484. The highest BCUT2D eigenvalue weighted by Gasteiger charge is 2.26. The lowest BCUT2D eigenvalue weighted by molar-refractivity contribution is -0.136. The maximum Gasteiger partial charge on any atom is 0.239 e. The van der Waals surface area contributed by atoms with Crippen LogP contribution in [0, 0.1) is 0 Å². The van der Waals surface area contributed by atoms with Crippen molar-refractivity contribution in [2.75, 3.05) is 33.7 Å². The summed E-state index contributed by atoms with van der Waals surface area (Å²) in [5, 5.41) is 3.34. The molecular weight excluding hydrogens is 226 g/mol. The van der Waals surface area contributed by atoms with Gasteiger partial charge in [-0.1, -0.05) is 0 Å². The quantitative estimate of drug-likeness (QED) is 0.727. The summed E-state index contributed by atoms with van der Waals surface area (Å²) in [4.78, 5) is 16.5. The minimum Gasteiger partial charge on any atom is -0.339 e. The van der Waals surface area contributed by atoms with Crippen LogP contribution in [0.2, 0.25) is 0 Å². The minimum absolute atomic E-state index is 0.0484. The van der Waals surface area contributed by atoms with Gasteiger partial charge in [-0.25, -0.2) is 0 Å². The number of nitrogens with one attached hydrogen (secondary N) is 1. The predicted octanol–water partition coefficient (Wildman–Crippen LogP) is 1.32. The molecule has 1 saturated heterocycles. The van der Waals surface area contributed by atoms with E-state index in [1.54, 1.807) is 0 Å². The number of nitrogens with zero attached hydrogens (tertiary/aromatic N) is 2. The summed E-state index contributed by atoms with van der Waals surface area (Å²) >= 11 is 0. The third-order valence-electron chi connectivity index (χ3n) is 3.69. The van der Waals surface area contributed by atoms with Gasteiger partial charge in [-0.3, -0.25) is 4.79 Å². The van der Waals surface area contributed by atoms with Crippen molar-refractivity contribution >= 4 is 5.91 Å². The molecule has 0 aliphatic carbocycles. The van der Waals surface area contributed by atoms with Gasteiger partial charge in [-0.05, 0) is 66.7 Å². The molecule has 1 aliphatic rings. The molecule has 0 aromatic heterocycles. The molecule has 2 atom stereocenters. The van der Waals surface area contributed by atoms with E-state index in [0.717, 1.165) is 38.9 Å². The monoisotopic (exact) mass is 255 g/mol. The van der Waals surface area contributed by atoms with E-state index in [2.05, 4.69) is 31.2 Å². The third kappa shape index (κ3) is 4.94. The molecule has 106 valence electrons. The smallest absolute Gasteiger partial charge is 0.239 e. The van der Waals surface area contributed by atoms with E-state index in [-0.39, 0.29) is 11.9 Å². The Balaban J connectivity index is 2.27. The van der Waals surface area contributed by atoms with E-state index in [1.807, 2.05) is 11.8 Å². The van der Waals surface area contributed by atoms with Crippen molar-refractivity contribution in [1.82, 2.24) is 15.1 Å². The van der Waals surface area contributed by atoms with Gasteiger partial charge in [0.15, 0.2) is 0 Å². The third-order valence-corrected chi connectivity index (χ3v) is 3.69. The van der Waals surface area contributed by atoms with Gasteiger partial charge in [-0.15, -0.1) is 0 Å². The summed E-state index contributed by atoms with van der Waals surface area (Å²) in [5.74, 6) is 0.270. The predicted molar refractivity (Wildman–Crippen MR) is 75.7 cm³/mol. The van der Waals surface area contributed by atoms with Crippen LogP contribution in [0.3, 0.4) is 0 Å². The number of carbonyl (C=O) groups is 1. The number of hydrogen-bond donors (Lipinski definition) is 1. The average Bonchev–Trinajstić information content (AvgIpc) is 2.34. The van der Waals surface area contributed by atoms with Crippen LogP contribution in [-0.4, -0.2) is 61.5 Å². The van der Waals surface area contributed by atoms with Crippen LogP contribution in [0.5, 0.6) is 0 Å². The van der Waals surface area contributed by atoms with Gasteiger partial charge < -0.3 is 15.1 Å². The Morgan fingerprint density at radius 1 is 1.44 bits per heavy atom. The van der Waals surface area contributed by atoms with Gasteiger partial charge in [0, 0.05) is 12.6 Å². The summed E-state index contributed by atoms with van der Waals surface area (Å²) in [6, 6.07) is 0.366. The van der Waals surface area contributed by atoms with E-state index in [1.165, 1.54) is 6.42 Å². The Kier molecular flexibility index (Phi) is 6.65. The Morgan fingerprint density at radius 3 is 2.78 bits per heavy atom. The topological polar surface area (TPSA) is 35.6 Å². The first kappa shape index (κ1) is 15.4. The SMILES string of the molecule is C[C@@H]1CCCCN1C(=O)[C@@H](C)NCCCN(C)C. The Hall–Kier alpha value is -0.610. The Morgan fingerprint density at radius 2 is 2.17 bits per heavy atom. The average molecular weight is 255 g/mol. The lowest BCUT2D eigenvalue weighted by atomic mass is 10.0. The van der Waals surface area contributed by atoms with Crippen LogP contribution >= 0.6 is 0 Å². The first-order valence-electron chi connectivity index (χ1n) is 7.21. The van der Waals surface area contributed by atoms with Crippen molar-refractivity contribution in [3.63, 3.8) is 0 Å². The van der Waals surface area contributed by atoms with E-state index >= 15 is 0 Å². The molecule has 0 bridgehead atoms. The van der Waals surface area contributed by atoms with Crippen LogP contribution in [0.25, 0.3) is 0 Å². The summed E-state index contributed by atoms with van der Waals surface area (Å²) in [6.45, 7) is 7.06. The highest BCUT2D eigenvalue weighted by atomic mass is 16.2. The fourth-order valence-electron chi connectivity index (χ4n) is 2.48. The molecule has 1 N–H and O–H groups in total. The second-order valence-electron chi connectivity index (χ2n) is 5.71. The molecule has 1 rings (SSSR count). The van der Waals surface area contributed by atoms with Crippen LogP contribution in [-0.2, 0) is 4.79 Å². The van der Waals surface area contributed by atoms with Crippen molar-refractivity contribution in [2.24, 2.45) is 0 Å². The number of amides is 1. The van der Waals surface area contributed by atoms with Crippen LogP contribution in [0.15, 0.2) is 0 Å². The van der Waals surface area contributed by atoms with Crippen molar-refractivity contribution in [1.29, 1.82) is 0 Å². The van der Waals surface area contributed by atoms with E-state index < -0.39 is 0 Å². The van der Waals surface area contributed by atoms with Crippen LogP contribution in [0.1, 0.15) is 39.5 Å². The zero-order valence-electron chi connectivity index (χ0n) is 12.4. The summed E-state index contributed by atoms with van der Waals surface area (Å²) in [6.07, 6.45) is 4.65. The molecule has 4 heteroatoms. The molecule has 0 radical (unpaired) electrons. The first-order chi connectivity index (χ1) is 8.52. The van der Waals surface area contributed by atoms with Gasteiger partial charge >= 0.3 is 0 Å². The van der Waals surface area contributed by atoms with Gasteiger partial charge in [0.2, 0.25) is 5.91 Å². The molecular formula is C14H29N3O. The zero-order chi connectivity index (χ0) is 13.5. The Bertz CT molecular complexity index is 255. The standard InChI is InChI=1S/C14H29N3O/c1-12-8-5-6-11-17(12)14(18)13(2)15-9-7-10-16(3)4/h12-13,15H,5-11H2,1-4H3/t12-,13-/m1/s1. The molecule has 1 fully saturated rings. The molecule has 0 aromatic rings. The Labute approximate surface area is 112 Å². The van der Waals surface area contributed by atoms with Crippen LogP contribution < -0.4 is 5.32 Å². The number of piperidine rings is 1. The normalized spacial score (nSPS) is 22.3. The highest BCUT2D eigenvalue weighted by Crippen LogP contribution is 2.17. The van der Waals surface area contributed by atoms with Crippen molar-refractivity contribution in [2.45, 2.75) is 51.6 Å². The van der Waals surface area contributed by atoms with Gasteiger partial charge in [0.1, 0.15) is 0 Å². The molecule has 1 aliphatic heterocycles. The molecule has 4 nitrogen and oxygen atoms in total. The zero-order valence-corrected chi connectivity index (χ0v) is 12.4. The van der Waals surface area contributed by atoms with Gasteiger partial charge in [0.25, 0.3) is 0 Å². The summed E-state index contributed by atoms with van der Waals surface area (Å²) < 4.78 is 0. The molecule has 18 heavy (non-hydrogen) atoms. The molecule has 0 unspecified atom stereocenters. The van der Waals surface area contributed by atoms with Crippen LogP contribution in [0.4, 0.5) is 0 Å². The summed E-state index contributed by atoms with van der Waals surface area (Å²) in [7, 11) is 4.15. The number of rotatable bonds is 6. The van der Waals surface area contributed by atoms with Crippen molar-refractivity contribution in [3.05, 3.63) is 0 Å². The largest absolute Gasteiger partial charge is 0.339 e. The lowest BCUT2D eigenvalue weighted by Gasteiger charge is -2.35. The maximum absolute atomic E-state index is 12.3. The molecule has 1 amide bonds. The number of hydrogen-bond acceptors (Lipinski definition) is 3. The van der Waals surface area contributed by atoms with Gasteiger partial charge in [0.05, 0.1) is 6.04 Å². The van der Waals surface area contributed by atoms with E-state index in [9.17, 15) is 4.79 Å². The van der Waals surface area contributed by atoms with Crippen molar-refractivity contribution in [3.8, 4) is 0 Å². The fourth-order valence-corrected chi connectivity index (χ4v) is 2.48. The summed E-state index contributed by atoms with van der Waals surface area (Å²) in [5.41, 5.74) is 0. The highest BCUT2D eigenvalue weighted by molar-refractivity contribution is 5.81.